The molecule has 1 atom stereocenters. The normalized spacial score (nSPS) is 26.0. The van der Waals surface area contributed by atoms with Gasteiger partial charge in [-0.15, -0.1) is 0 Å². The summed E-state index contributed by atoms with van der Waals surface area (Å²) < 4.78 is 33.5. The molecule has 8 nitrogen and oxygen atoms in total. The summed E-state index contributed by atoms with van der Waals surface area (Å²) in [5, 5.41) is 5.88. The minimum atomic E-state index is -3.63. The molecule has 2 aliphatic rings. The highest BCUT2D eigenvalue weighted by atomic mass is 32.2. The van der Waals surface area contributed by atoms with Crippen LogP contribution in [0.3, 0.4) is 0 Å². The molecule has 2 rings (SSSR count). The minimum Gasteiger partial charge on any atom is -0.378 e. The predicted octanol–water partition coefficient (Wildman–Crippen LogP) is -1.64. The van der Waals surface area contributed by atoms with Gasteiger partial charge in [0.2, 0.25) is 5.91 Å². The van der Waals surface area contributed by atoms with Gasteiger partial charge in [-0.1, -0.05) is 0 Å². The molecule has 0 aromatic rings. The number of morpholine rings is 1. The van der Waals surface area contributed by atoms with Crippen molar-refractivity contribution in [3.63, 3.8) is 0 Å². The number of rotatable bonds is 4. The van der Waals surface area contributed by atoms with E-state index in [0.717, 1.165) is 0 Å². The van der Waals surface area contributed by atoms with Gasteiger partial charge in [-0.05, 0) is 13.8 Å². The van der Waals surface area contributed by atoms with Crippen molar-refractivity contribution in [3.05, 3.63) is 0 Å². The summed E-state index contributed by atoms with van der Waals surface area (Å²) in [6.45, 7) is 6.44. The molecule has 122 valence electrons. The fourth-order valence-corrected chi connectivity index (χ4v) is 4.20. The van der Waals surface area contributed by atoms with E-state index < -0.39 is 16.3 Å². The fourth-order valence-electron chi connectivity index (χ4n) is 2.48. The molecular formula is C12H24N4O4S. The number of hydrogen-bond acceptors (Lipinski definition) is 5. The second-order valence-electron chi connectivity index (χ2n) is 5.52. The molecule has 0 saturated carbocycles. The van der Waals surface area contributed by atoms with Gasteiger partial charge in [-0.2, -0.15) is 17.0 Å². The zero-order valence-corrected chi connectivity index (χ0v) is 13.4. The molecule has 0 aromatic heterocycles. The van der Waals surface area contributed by atoms with Crippen LogP contribution in [-0.2, 0) is 19.7 Å². The Bertz CT molecular complexity index is 462. The molecule has 2 heterocycles. The van der Waals surface area contributed by atoms with E-state index >= 15 is 0 Å². The molecule has 0 spiro atoms. The Morgan fingerprint density at radius 2 is 1.95 bits per heavy atom. The molecule has 0 aromatic carbocycles. The summed E-state index contributed by atoms with van der Waals surface area (Å²) in [5.74, 6) is -0.302. The van der Waals surface area contributed by atoms with Crippen molar-refractivity contribution in [1.29, 1.82) is 0 Å². The van der Waals surface area contributed by atoms with Gasteiger partial charge in [-0.25, -0.2) is 0 Å². The molecule has 0 aliphatic carbocycles. The first kappa shape index (κ1) is 16.6. The summed E-state index contributed by atoms with van der Waals surface area (Å²) in [6.07, 6.45) is 0. The highest BCUT2D eigenvalue weighted by Gasteiger charge is 2.40. The van der Waals surface area contributed by atoms with Crippen molar-refractivity contribution in [2.45, 2.75) is 25.9 Å². The van der Waals surface area contributed by atoms with E-state index in [9.17, 15) is 13.2 Å². The van der Waals surface area contributed by atoms with Gasteiger partial charge < -0.3 is 15.4 Å². The van der Waals surface area contributed by atoms with Crippen molar-refractivity contribution in [2.24, 2.45) is 0 Å². The third-order valence-corrected chi connectivity index (χ3v) is 5.56. The zero-order valence-electron chi connectivity index (χ0n) is 12.5. The number of piperazine rings is 1. The fraction of sp³-hybridized carbons (Fsp3) is 0.917. The molecule has 2 aliphatic heterocycles. The third kappa shape index (κ3) is 3.92. The Kier molecular flexibility index (Phi) is 5.55. The quantitative estimate of drug-likeness (QED) is 0.648. The van der Waals surface area contributed by atoms with Crippen LogP contribution in [0, 0.1) is 0 Å². The van der Waals surface area contributed by atoms with Crippen LogP contribution < -0.4 is 10.6 Å². The van der Waals surface area contributed by atoms with Gasteiger partial charge in [0.15, 0.2) is 0 Å². The maximum atomic E-state index is 12.7. The Labute approximate surface area is 126 Å². The average Bonchev–Trinajstić information content (AvgIpc) is 2.47. The van der Waals surface area contributed by atoms with E-state index in [1.807, 2.05) is 13.8 Å². The van der Waals surface area contributed by atoms with Gasteiger partial charge in [0.25, 0.3) is 10.2 Å². The van der Waals surface area contributed by atoms with Crippen LogP contribution in [0.15, 0.2) is 0 Å². The maximum absolute atomic E-state index is 12.7. The number of nitrogens with one attached hydrogen (secondary N) is 2. The summed E-state index contributed by atoms with van der Waals surface area (Å²) in [6, 6.07) is -0.829. The van der Waals surface area contributed by atoms with E-state index in [-0.39, 0.29) is 25.1 Å². The molecule has 1 unspecified atom stereocenters. The van der Waals surface area contributed by atoms with E-state index in [1.165, 1.54) is 8.61 Å². The number of hydrogen-bond donors (Lipinski definition) is 2. The van der Waals surface area contributed by atoms with Crippen LogP contribution >= 0.6 is 0 Å². The summed E-state index contributed by atoms with van der Waals surface area (Å²) in [5.41, 5.74) is 0. The lowest BCUT2D eigenvalue weighted by Crippen LogP contribution is -2.61. The maximum Gasteiger partial charge on any atom is 0.282 e. The van der Waals surface area contributed by atoms with E-state index in [2.05, 4.69) is 10.6 Å². The highest BCUT2D eigenvalue weighted by molar-refractivity contribution is 7.86. The monoisotopic (exact) mass is 320 g/mol. The first-order valence-corrected chi connectivity index (χ1v) is 8.68. The molecule has 2 N–H and O–H groups in total. The molecule has 0 radical (unpaired) electrons. The Morgan fingerprint density at radius 3 is 2.57 bits per heavy atom. The lowest BCUT2D eigenvalue weighted by atomic mass is 10.2. The lowest BCUT2D eigenvalue weighted by molar-refractivity contribution is -0.129. The smallest absolute Gasteiger partial charge is 0.282 e. The van der Waals surface area contributed by atoms with Gasteiger partial charge in [0, 0.05) is 38.8 Å². The standard InChI is InChI=1S/C12H24N4O4S/c1-10(2)14-12(17)11-9-20-8-7-16(11)21(18,19)15-5-3-13-4-6-15/h10-11,13H,3-9H2,1-2H3,(H,14,17). The van der Waals surface area contributed by atoms with Crippen LogP contribution in [0.5, 0.6) is 0 Å². The van der Waals surface area contributed by atoms with Crippen molar-refractivity contribution in [1.82, 2.24) is 19.2 Å². The van der Waals surface area contributed by atoms with Gasteiger partial charge in [0.1, 0.15) is 6.04 Å². The first-order chi connectivity index (χ1) is 9.93. The predicted molar refractivity (Wildman–Crippen MR) is 78.0 cm³/mol. The van der Waals surface area contributed by atoms with Crippen molar-refractivity contribution in [2.75, 3.05) is 45.9 Å². The average molecular weight is 320 g/mol. The van der Waals surface area contributed by atoms with E-state index in [1.54, 1.807) is 0 Å². The lowest BCUT2D eigenvalue weighted by Gasteiger charge is -2.38. The molecule has 9 heteroatoms. The molecule has 0 bridgehead atoms. The van der Waals surface area contributed by atoms with Crippen LogP contribution in [0.4, 0.5) is 0 Å². The summed E-state index contributed by atoms with van der Waals surface area (Å²) >= 11 is 0. The molecule has 1 amide bonds. The second-order valence-corrected chi connectivity index (χ2v) is 7.40. The Balaban J connectivity index is 2.15. The molecule has 2 fully saturated rings. The number of carbonyl (C=O) groups is 1. The number of carbonyl (C=O) groups excluding carboxylic acids is 1. The van der Waals surface area contributed by atoms with E-state index in [4.69, 9.17) is 4.74 Å². The summed E-state index contributed by atoms with van der Waals surface area (Å²) in [4.78, 5) is 12.2. The number of amides is 1. The van der Waals surface area contributed by atoms with Gasteiger partial charge >= 0.3 is 0 Å². The van der Waals surface area contributed by atoms with Crippen LogP contribution in [-0.4, -0.2) is 81.0 Å². The first-order valence-electron chi connectivity index (χ1n) is 7.28. The van der Waals surface area contributed by atoms with Gasteiger partial charge in [-0.3, -0.25) is 4.79 Å². The molecule has 2 saturated heterocycles. The molecular weight excluding hydrogens is 296 g/mol. The van der Waals surface area contributed by atoms with Crippen LogP contribution in [0.25, 0.3) is 0 Å². The third-order valence-electron chi connectivity index (χ3n) is 3.51. The van der Waals surface area contributed by atoms with Gasteiger partial charge in [0.05, 0.1) is 13.2 Å². The minimum absolute atomic E-state index is 0.0387. The second kappa shape index (κ2) is 7.01. The van der Waals surface area contributed by atoms with Crippen LogP contribution in [0.1, 0.15) is 13.8 Å². The largest absolute Gasteiger partial charge is 0.378 e. The topological polar surface area (TPSA) is 91.0 Å². The van der Waals surface area contributed by atoms with Crippen LogP contribution in [0.2, 0.25) is 0 Å². The Hall–Kier alpha value is -0.740. The Morgan fingerprint density at radius 1 is 1.29 bits per heavy atom. The van der Waals surface area contributed by atoms with E-state index in [0.29, 0.717) is 32.8 Å². The van der Waals surface area contributed by atoms with Crippen molar-refractivity contribution < 1.29 is 17.9 Å². The number of ether oxygens (including phenoxy) is 1. The number of nitrogens with zero attached hydrogens (tertiary/aromatic N) is 2. The zero-order chi connectivity index (χ0) is 15.5. The summed E-state index contributed by atoms with van der Waals surface area (Å²) in [7, 11) is -3.63. The van der Waals surface area contributed by atoms with Crippen molar-refractivity contribution >= 4 is 16.1 Å². The highest BCUT2D eigenvalue weighted by Crippen LogP contribution is 2.17. The SMILES string of the molecule is CC(C)NC(=O)C1COCCN1S(=O)(=O)N1CCNCC1. The molecule has 21 heavy (non-hydrogen) atoms. The van der Waals surface area contributed by atoms with Crippen molar-refractivity contribution in [3.8, 4) is 0 Å².